The zero-order valence-corrected chi connectivity index (χ0v) is 25.9. The van der Waals surface area contributed by atoms with E-state index in [2.05, 4.69) is 5.32 Å². The number of halogens is 1. The number of aryl methyl sites for hydroxylation is 1. The predicted octanol–water partition coefficient (Wildman–Crippen LogP) is 5.84. The summed E-state index contributed by atoms with van der Waals surface area (Å²) < 4.78 is 0. The number of fused-ring (bicyclic) bond motifs is 1. The molecule has 8 nitrogen and oxygen atoms in total. The largest absolute Gasteiger partial charge is 0.378 e. The van der Waals surface area contributed by atoms with E-state index in [1.165, 1.54) is 9.80 Å². The van der Waals surface area contributed by atoms with Gasteiger partial charge in [-0.1, -0.05) is 60.5 Å². The van der Waals surface area contributed by atoms with Crippen LogP contribution >= 0.6 is 11.6 Å². The van der Waals surface area contributed by atoms with Crippen LogP contribution in [0.25, 0.3) is 0 Å². The third-order valence-corrected chi connectivity index (χ3v) is 8.22. The van der Waals surface area contributed by atoms with Gasteiger partial charge in [0, 0.05) is 47.6 Å². The van der Waals surface area contributed by atoms with Gasteiger partial charge in [-0.3, -0.25) is 14.5 Å². The summed E-state index contributed by atoms with van der Waals surface area (Å²) in [6.45, 7) is 7.63. The molecule has 3 aromatic rings. The van der Waals surface area contributed by atoms with Crippen LogP contribution in [0.1, 0.15) is 56.2 Å². The fourth-order valence-corrected chi connectivity index (χ4v) is 5.49. The number of rotatable bonds is 8. The Balaban J connectivity index is 1.91. The third kappa shape index (κ3) is 6.71. The minimum Gasteiger partial charge on any atom is -0.378 e. The first-order valence-corrected chi connectivity index (χ1v) is 14.5. The van der Waals surface area contributed by atoms with Gasteiger partial charge in [0.05, 0.1) is 0 Å². The quantitative estimate of drug-likeness (QED) is 0.345. The molecule has 9 heteroatoms. The van der Waals surface area contributed by atoms with Crippen molar-refractivity contribution >= 4 is 46.5 Å². The summed E-state index contributed by atoms with van der Waals surface area (Å²) in [7, 11) is 3.80. The van der Waals surface area contributed by atoms with Gasteiger partial charge in [0.1, 0.15) is 12.6 Å². The molecule has 3 N–H and O–H groups in total. The van der Waals surface area contributed by atoms with Crippen molar-refractivity contribution in [2.45, 2.75) is 58.0 Å². The monoisotopic (exact) mass is 589 g/mol. The molecule has 2 unspecified atom stereocenters. The van der Waals surface area contributed by atoms with E-state index in [0.29, 0.717) is 22.8 Å². The number of carbonyl (C=O) groups is 3. The molecule has 0 saturated carbocycles. The Bertz CT molecular complexity index is 1470. The number of anilines is 3. The van der Waals surface area contributed by atoms with Gasteiger partial charge in [0.2, 0.25) is 5.91 Å². The lowest BCUT2D eigenvalue weighted by atomic mass is 9.85. The number of carbonyl (C=O) groups excluding carboxylic acids is 3. The second-order valence-corrected chi connectivity index (χ2v) is 12.2. The Morgan fingerprint density at radius 1 is 1.05 bits per heavy atom. The molecule has 1 heterocycles. The molecule has 0 spiro atoms. The summed E-state index contributed by atoms with van der Waals surface area (Å²) in [4.78, 5) is 45.9. The molecule has 1 aliphatic rings. The number of urea groups is 1. The summed E-state index contributed by atoms with van der Waals surface area (Å²) in [6, 6.07) is 19.1. The van der Waals surface area contributed by atoms with Crippen LogP contribution in [0.15, 0.2) is 66.7 Å². The Labute approximate surface area is 253 Å². The van der Waals surface area contributed by atoms with E-state index >= 15 is 0 Å². The normalized spacial score (nSPS) is 16.8. The maximum atomic E-state index is 14.6. The van der Waals surface area contributed by atoms with E-state index in [1.54, 1.807) is 18.2 Å². The Morgan fingerprint density at radius 3 is 2.33 bits per heavy atom. The fourth-order valence-electron chi connectivity index (χ4n) is 5.32. The van der Waals surface area contributed by atoms with E-state index in [9.17, 15) is 14.4 Å². The molecule has 4 rings (SSSR count). The molecule has 42 heavy (non-hydrogen) atoms. The van der Waals surface area contributed by atoms with Crippen LogP contribution in [0.3, 0.4) is 0 Å². The number of hydrogen-bond acceptors (Lipinski definition) is 4. The van der Waals surface area contributed by atoms with Gasteiger partial charge < -0.3 is 20.9 Å². The van der Waals surface area contributed by atoms with E-state index in [0.717, 1.165) is 22.4 Å². The van der Waals surface area contributed by atoms with Crippen LogP contribution in [-0.4, -0.2) is 50.1 Å². The summed E-state index contributed by atoms with van der Waals surface area (Å²) in [5.74, 6) is -1.01. The van der Waals surface area contributed by atoms with Gasteiger partial charge >= 0.3 is 6.03 Å². The lowest BCUT2D eigenvalue weighted by molar-refractivity contribution is -0.125. The Hall–Kier alpha value is -4.04. The Morgan fingerprint density at radius 2 is 1.71 bits per heavy atom. The van der Waals surface area contributed by atoms with Crippen LogP contribution in [0, 0.1) is 6.92 Å². The lowest BCUT2D eigenvalue weighted by Crippen LogP contribution is -2.55. The number of hydrogen-bond donors (Lipinski definition) is 2. The first-order valence-electron chi connectivity index (χ1n) is 14.2. The summed E-state index contributed by atoms with van der Waals surface area (Å²) in [6.07, 6.45) is 0.967. The number of nitrogens with one attached hydrogen (secondary N) is 1. The van der Waals surface area contributed by atoms with Crippen molar-refractivity contribution in [2.75, 3.05) is 35.3 Å². The van der Waals surface area contributed by atoms with Crippen molar-refractivity contribution in [3.63, 3.8) is 0 Å². The lowest BCUT2D eigenvalue weighted by Gasteiger charge is -2.33. The second kappa shape index (κ2) is 12.4. The number of nitrogens with zero attached hydrogens (tertiary/aromatic N) is 3. The second-order valence-electron chi connectivity index (χ2n) is 11.8. The smallest absolute Gasteiger partial charge is 0.320 e. The van der Waals surface area contributed by atoms with Gasteiger partial charge in [-0.25, -0.2) is 4.79 Å². The van der Waals surface area contributed by atoms with Crippen LogP contribution < -0.4 is 25.8 Å². The average molecular weight is 590 g/mol. The highest BCUT2D eigenvalue weighted by Gasteiger charge is 2.41. The molecule has 0 aliphatic carbocycles. The van der Waals surface area contributed by atoms with Crippen molar-refractivity contribution in [3.05, 3.63) is 88.4 Å². The van der Waals surface area contributed by atoms with Gasteiger partial charge in [0.25, 0.3) is 5.91 Å². The van der Waals surface area contributed by atoms with Crippen molar-refractivity contribution in [2.24, 2.45) is 5.73 Å². The molecule has 3 aromatic carbocycles. The van der Waals surface area contributed by atoms with Gasteiger partial charge in [-0.2, -0.15) is 0 Å². The highest BCUT2D eigenvalue weighted by Crippen LogP contribution is 2.42. The highest BCUT2D eigenvalue weighted by molar-refractivity contribution is 6.31. The molecule has 0 radical (unpaired) electrons. The molecule has 222 valence electrons. The number of primary amides is 1. The van der Waals surface area contributed by atoms with E-state index < -0.39 is 23.5 Å². The zero-order chi connectivity index (χ0) is 30.8. The van der Waals surface area contributed by atoms with Crippen LogP contribution in [-0.2, 0) is 9.59 Å². The third-order valence-electron chi connectivity index (χ3n) is 7.99. The maximum absolute atomic E-state index is 14.6. The molecular weight excluding hydrogens is 550 g/mol. The van der Waals surface area contributed by atoms with Crippen molar-refractivity contribution in [3.8, 4) is 0 Å². The van der Waals surface area contributed by atoms with Crippen molar-refractivity contribution < 1.29 is 14.4 Å². The van der Waals surface area contributed by atoms with Gasteiger partial charge in [-0.15, -0.1) is 0 Å². The number of amides is 4. The van der Waals surface area contributed by atoms with E-state index in [4.69, 9.17) is 17.3 Å². The van der Waals surface area contributed by atoms with Gasteiger partial charge in [0.15, 0.2) is 0 Å². The first kappa shape index (κ1) is 30.9. The molecule has 0 fully saturated rings. The topological polar surface area (TPSA) is 99.0 Å². The number of benzene rings is 3. The standard InChI is InChI=1S/C33H40ClN5O3/c1-7-33(3,4)36-30(40)20-38-28-17-23(34)15-16-26(28)27(22-13-11-21(2)12-14-22)19-29(31(38)41)39(32(35)42)25-10-8-9-24(18-25)37(5)6/h8-18,27,29H,7,19-20H2,1-6H3,(H2,35,42)(H,36,40). The minimum absolute atomic E-state index is 0.239. The van der Waals surface area contributed by atoms with Crippen LogP contribution in [0.5, 0.6) is 0 Å². The summed E-state index contributed by atoms with van der Waals surface area (Å²) >= 11 is 6.49. The number of nitrogens with two attached hydrogens (primary N) is 1. The highest BCUT2D eigenvalue weighted by atomic mass is 35.5. The van der Waals surface area contributed by atoms with Gasteiger partial charge in [-0.05, 0) is 75.1 Å². The molecule has 1 aliphatic heterocycles. The zero-order valence-electron chi connectivity index (χ0n) is 25.1. The molecular formula is C33H40ClN5O3. The van der Waals surface area contributed by atoms with E-state index in [1.807, 2.05) is 95.2 Å². The predicted molar refractivity (Wildman–Crippen MR) is 171 cm³/mol. The summed E-state index contributed by atoms with van der Waals surface area (Å²) in [5, 5.41) is 3.47. The molecule has 2 atom stereocenters. The fraction of sp³-hybridized carbons (Fsp3) is 0.364. The van der Waals surface area contributed by atoms with Crippen molar-refractivity contribution in [1.29, 1.82) is 0 Å². The van der Waals surface area contributed by atoms with Crippen LogP contribution in [0.4, 0.5) is 21.9 Å². The Kier molecular flexibility index (Phi) is 9.16. The first-order chi connectivity index (χ1) is 19.8. The molecule has 0 bridgehead atoms. The van der Waals surface area contributed by atoms with Crippen molar-refractivity contribution in [1.82, 2.24) is 5.32 Å². The molecule has 0 saturated heterocycles. The molecule has 4 amide bonds. The SMILES string of the molecule is CCC(C)(C)NC(=O)CN1C(=O)C(N(C(N)=O)c2cccc(N(C)C)c2)CC(c2ccc(C)cc2)c2ccc(Cl)cc21. The summed E-state index contributed by atoms with van der Waals surface area (Å²) in [5.41, 5.74) is 10.4. The maximum Gasteiger partial charge on any atom is 0.320 e. The minimum atomic E-state index is -0.996. The van der Waals surface area contributed by atoms with Crippen LogP contribution in [0.2, 0.25) is 5.02 Å². The molecule has 0 aromatic heterocycles. The average Bonchev–Trinajstić information content (AvgIpc) is 3.04. The van der Waals surface area contributed by atoms with E-state index in [-0.39, 0.29) is 24.8 Å².